The molecule has 5 nitrogen and oxygen atoms in total. The number of nitrogens with one attached hydrogen (secondary N) is 3. The number of carbonyl (C=O) groups is 2. The van der Waals surface area contributed by atoms with Gasteiger partial charge < -0.3 is 15.6 Å². The van der Waals surface area contributed by atoms with Crippen LogP contribution in [0.15, 0.2) is 89.0 Å². The van der Waals surface area contributed by atoms with Crippen molar-refractivity contribution in [2.45, 2.75) is 13.3 Å². The summed E-state index contributed by atoms with van der Waals surface area (Å²) in [7, 11) is 0. The first-order chi connectivity index (χ1) is 16.0. The fourth-order valence-corrected chi connectivity index (χ4v) is 4.15. The molecule has 166 valence electrons. The number of aryl methyl sites for hydroxylation is 1. The van der Waals surface area contributed by atoms with Crippen molar-refractivity contribution < 1.29 is 9.59 Å². The zero-order chi connectivity index (χ0) is 23.2. The fraction of sp³-hybridized carbons (Fsp3) is 0.111. The largest absolute Gasteiger partial charge is 0.358 e. The number of fused-ring (bicyclic) bond motifs is 1. The van der Waals surface area contributed by atoms with Crippen molar-refractivity contribution in [1.82, 2.24) is 15.6 Å². The van der Waals surface area contributed by atoms with E-state index in [1.165, 1.54) is 5.56 Å². The molecule has 0 spiro atoms. The molecule has 0 saturated heterocycles. The number of rotatable bonds is 7. The summed E-state index contributed by atoms with van der Waals surface area (Å²) < 4.78 is 0.794. The number of H-pyrrole nitrogens is 1. The Hall–Kier alpha value is -3.64. The molecule has 1 aromatic heterocycles. The second-order valence-electron chi connectivity index (χ2n) is 7.71. The molecule has 0 saturated carbocycles. The number of amides is 2. The lowest BCUT2D eigenvalue weighted by molar-refractivity contribution is -0.117. The van der Waals surface area contributed by atoms with Crippen molar-refractivity contribution in [1.29, 1.82) is 0 Å². The third kappa shape index (κ3) is 5.59. The highest BCUT2D eigenvalue weighted by Gasteiger charge is 2.15. The lowest BCUT2D eigenvalue weighted by Gasteiger charge is -2.12. The third-order valence-corrected chi connectivity index (χ3v) is 5.87. The molecule has 4 rings (SSSR count). The Bertz CT molecular complexity index is 1330. The van der Waals surface area contributed by atoms with Gasteiger partial charge in [-0.2, -0.15) is 0 Å². The van der Waals surface area contributed by atoms with E-state index < -0.39 is 0 Å². The Balaban J connectivity index is 1.50. The van der Waals surface area contributed by atoms with Crippen LogP contribution in [0.3, 0.4) is 0 Å². The fourth-order valence-electron chi connectivity index (χ4n) is 3.75. The molecule has 0 radical (unpaired) electrons. The first-order valence-electron chi connectivity index (χ1n) is 10.7. The van der Waals surface area contributed by atoms with Crippen LogP contribution in [-0.2, 0) is 11.2 Å². The Morgan fingerprint density at radius 3 is 2.52 bits per heavy atom. The van der Waals surface area contributed by atoms with Crippen molar-refractivity contribution in [3.8, 4) is 0 Å². The number of hydrogen-bond acceptors (Lipinski definition) is 2. The predicted molar refractivity (Wildman–Crippen MR) is 136 cm³/mol. The second kappa shape index (κ2) is 10.3. The van der Waals surface area contributed by atoms with Crippen molar-refractivity contribution in [2.24, 2.45) is 0 Å². The second-order valence-corrected chi connectivity index (χ2v) is 8.63. The van der Waals surface area contributed by atoms with Crippen LogP contribution < -0.4 is 10.6 Å². The molecular formula is C27H24BrN3O2. The van der Waals surface area contributed by atoms with Crippen molar-refractivity contribution in [3.05, 3.63) is 111 Å². The van der Waals surface area contributed by atoms with E-state index in [-0.39, 0.29) is 17.5 Å². The molecule has 4 aromatic rings. The molecule has 2 amide bonds. The minimum atomic E-state index is -0.346. The molecule has 0 bridgehead atoms. The Morgan fingerprint density at radius 2 is 1.73 bits per heavy atom. The molecule has 3 aromatic carbocycles. The van der Waals surface area contributed by atoms with Gasteiger partial charge in [-0.1, -0.05) is 70.5 Å². The van der Waals surface area contributed by atoms with E-state index in [4.69, 9.17) is 0 Å². The molecular weight excluding hydrogens is 478 g/mol. The lowest BCUT2D eigenvalue weighted by Crippen LogP contribution is -2.35. The van der Waals surface area contributed by atoms with E-state index >= 15 is 0 Å². The molecule has 0 fully saturated rings. The quantitative estimate of drug-likeness (QED) is 0.298. The molecule has 0 aliphatic heterocycles. The van der Waals surface area contributed by atoms with Crippen LogP contribution in [0, 0.1) is 6.92 Å². The summed E-state index contributed by atoms with van der Waals surface area (Å²) in [5.41, 5.74) is 4.84. The summed E-state index contributed by atoms with van der Waals surface area (Å²) in [5.74, 6) is -0.680. The molecule has 33 heavy (non-hydrogen) atoms. The van der Waals surface area contributed by atoms with E-state index in [1.807, 2.05) is 61.5 Å². The lowest BCUT2D eigenvalue weighted by atomic mass is 10.1. The van der Waals surface area contributed by atoms with Gasteiger partial charge in [-0.05, 0) is 54.8 Å². The first-order valence-corrected chi connectivity index (χ1v) is 11.5. The van der Waals surface area contributed by atoms with Crippen molar-refractivity contribution in [2.75, 3.05) is 6.54 Å². The highest BCUT2D eigenvalue weighted by atomic mass is 79.9. The van der Waals surface area contributed by atoms with Crippen LogP contribution in [0.4, 0.5) is 0 Å². The molecule has 6 heteroatoms. The summed E-state index contributed by atoms with van der Waals surface area (Å²) in [6, 6.07) is 24.6. The summed E-state index contributed by atoms with van der Waals surface area (Å²) in [6.07, 6.45) is 2.36. The van der Waals surface area contributed by atoms with Crippen LogP contribution in [0.5, 0.6) is 0 Å². The molecule has 1 heterocycles. The van der Waals surface area contributed by atoms with Gasteiger partial charge in [0.05, 0.1) is 0 Å². The smallest absolute Gasteiger partial charge is 0.267 e. The van der Waals surface area contributed by atoms with Gasteiger partial charge >= 0.3 is 0 Å². The van der Waals surface area contributed by atoms with E-state index in [9.17, 15) is 9.59 Å². The number of carbonyl (C=O) groups excluding carboxylic acids is 2. The van der Waals surface area contributed by atoms with Crippen LogP contribution in [0.1, 0.15) is 27.2 Å². The number of aromatic nitrogens is 1. The number of halogens is 1. The van der Waals surface area contributed by atoms with Crippen LogP contribution in [-0.4, -0.2) is 23.3 Å². The van der Waals surface area contributed by atoms with Gasteiger partial charge in [-0.15, -0.1) is 0 Å². The summed E-state index contributed by atoms with van der Waals surface area (Å²) in [5, 5.41) is 6.89. The van der Waals surface area contributed by atoms with Gasteiger partial charge in [0.25, 0.3) is 11.8 Å². The van der Waals surface area contributed by atoms with E-state index in [0.29, 0.717) is 18.5 Å². The summed E-state index contributed by atoms with van der Waals surface area (Å²) >= 11 is 3.38. The van der Waals surface area contributed by atoms with Gasteiger partial charge in [-0.3, -0.25) is 9.59 Å². The van der Waals surface area contributed by atoms with E-state index in [2.05, 4.69) is 37.6 Å². The highest BCUT2D eigenvalue weighted by Crippen LogP contribution is 2.22. The zero-order valence-electron chi connectivity index (χ0n) is 18.2. The van der Waals surface area contributed by atoms with Crippen molar-refractivity contribution in [3.63, 3.8) is 0 Å². The van der Waals surface area contributed by atoms with Gasteiger partial charge in [0, 0.05) is 33.2 Å². The Labute approximate surface area is 201 Å². The average Bonchev–Trinajstić information content (AvgIpc) is 3.14. The van der Waals surface area contributed by atoms with Crippen molar-refractivity contribution >= 4 is 44.7 Å². The van der Waals surface area contributed by atoms with Gasteiger partial charge in [-0.25, -0.2) is 0 Å². The van der Waals surface area contributed by atoms with Gasteiger partial charge in [0.1, 0.15) is 5.70 Å². The Morgan fingerprint density at radius 1 is 0.970 bits per heavy atom. The summed E-state index contributed by atoms with van der Waals surface area (Å²) in [4.78, 5) is 29.2. The number of aromatic amines is 1. The van der Waals surface area contributed by atoms with E-state index in [1.54, 1.807) is 24.3 Å². The minimum Gasteiger partial charge on any atom is -0.358 e. The number of hydrogen-bond donors (Lipinski definition) is 3. The first kappa shape index (κ1) is 22.6. The molecule has 0 unspecified atom stereocenters. The van der Waals surface area contributed by atoms with E-state index in [0.717, 1.165) is 26.6 Å². The highest BCUT2D eigenvalue weighted by molar-refractivity contribution is 9.10. The van der Waals surface area contributed by atoms with Gasteiger partial charge in [0.15, 0.2) is 0 Å². The monoisotopic (exact) mass is 501 g/mol. The molecule has 0 aliphatic carbocycles. The number of para-hydroxylation sites is 1. The normalized spacial score (nSPS) is 11.4. The standard InChI is InChI=1S/C27H24BrN3O2/c1-18-22(23-12-5-6-13-24(23)30-18)14-15-29-27(33)25(16-19-8-3-2-4-9-19)31-26(32)20-10-7-11-21(28)17-20/h2-13,16-17,30H,14-15H2,1H3,(H,29,33)(H,31,32). The molecule has 0 aliphatic rings. The third-order valence-electron chi connectivity index (χ3n) is 5.38. The Kier molecular flexibility index (Phi) is 7.05. The number of benzene rings is 3. The zero-order valence-corrected chi connectivity index (χ0v) is 19.8. The maximum Gasteiger partial charge on any atom is 0.267 e. The summed E-state index contributed by atoms with van der Waals surface area (Å²) in [6.45, 7) is 2.48. The SMILES string of the molecule is Cc1[nH]c2ccccc2c1CCNC(=O)C(=Cc1ccccc1)NC(=O)c1cccc(Br)c1. The van der Waals surface area contributed by atoms with Crippen LogP contribution >= 0.6 is 15.9 Å². The predicted octanol–water partition coefficient (Wildman–Crippen LogP) is 5.37. The van der Waals surface area contributed by atoms with Crippen LogP contribution in [0.2, 0.25) is 0 Å². The maximum atomic E-state index is 13.0. The topological polar surface area (TPSA) is 74.0 Å². The minimum absolute atomic E-state index is 0.196. The molecule has 0 atom stereocenters. The van der Waals surface area contributed by atoms with Crippen LogP contribution in [0.25, 0.3) is 17.0 Å². The van der Waals surface area contributed by atoms with Gasteiger partial charge in [0.2, 0.25) is 0 Å². The molecule has 3 N–H and O–H groups in total. The maximum absolute atomic E-state index is 13.0. The average molecular weight is 502 g/mol.